The van der Waals surface area contributed by atoms with E-state index < -0.39 is 27.7 Å². The van der Waals surface area contributed by atoms with Crippen molar-refractivity contribution in [1.82, 2.24) is 9.62 Å². The number of esters is 1. The van der Waals surface area contributed by atoms with Crippen LogP contribution in [0.15, 0.2) is 28.5 Å². The minimum Gasteiger partial charge on any atom is -0.465 e. The quantitative estimate of drug-likeness (QED) is 0.451. The lowest BCUT2D eigenvalue weighted by Gasteiger charge is -2.27. The summed E-state index contributed by atoms with van der Waals surface area (Å²) in [5, 5.41) is 0. The van der Waals surface area contributed by atoms with E-state index in [-0.39, 0.29) is 22.9 Å². The number of benzene rings is 1. The fourth-order valence-electron chi connectivity index (χ4n) is 3.47. The number of methoxy groups -OCH3 is 2. The Morgan fingerprint density at radius 1 is 1.22 bits per heavy atom. The van der Waals surface area contributed by atoms with E-state index in [1.165, 1.54) is 26.4 Å². The maximum atomic E-state index is 12.8. The molecule has 0 saturated carbocycles. The molecule has 1 N–H and O–H groups in total. The van der Waals surface area contributed by atoms with Crippen molar-refractivity contribution in [3.05, 3.63) is 51.4 Å². The SMILES string of the molecule is COCCNS(=O)(=O)c1sc2c(c1C(=O)OC)CCN(Cc1ccc(C(F)(F)F)cc1)C2. The van der Waals surface area contributed by atoms with E-state index in [2.05, 4.69) is 4.72 Å². The largest absolute Gasteiger partial charge is 0.465 e. The molecular weight excluding hydrogens is 469 g/mol. The highest BCUT2D eigenvalue weighted by molar-refractivity contribution is 7.91. The average molecular weight is 493 g/mol. The number of fused-ring (bicyclic) bond motifs is 1. The molecular formula is C20H23F3N2O5S2. The van der Waals surface area contributed by atoms with Gasteiger partial charge in [-0.2, -0.15) is 13.2 Å². The molecule has 0 unspecified atom stereocenters. The van der Waals surface area contributed by atoms with Crippen molar-refractivity contribution in [3.8, 4) is 0 Å². The molecule has 32 heavy (non-hydrogen) atoms. The number of nitrogens with zero attached hydrogens (tertiary/aromatic N) is 1. The Hall–Kier alpha value is -1.99. The molecule has 0 atom stereocenters. The number of halogens is 3. The molecule has 2 aromatic rings. The van der Waals surface area contributed by atoms with Gasteiger partial charge in [0.2, 0.25) is 0 Å². The van der Waals surface area contributed by atoms with Crippen molar-refractivity contribution >= 4 is 27.3 Å². The Kier molecular flexibility index (Phi) is 7.61. The van der Waals surface area contributed by atoms with Crippen LogP contribution in [-0.2, 0) is 45.2 Å². The van der Waals surface area contributed by atoms with E-state index in [0.717, 1.165) is 28.3 Å². The summed E-state index contributed by atoms with van der Waals surface area (Å²) in [5.74, 6) is -0.717. The number of carbonyl (C=O) groups excluding carboxylic acids is 1. The van der Waals surface area contributed by atoms with Gasteiger partial charge in [0.25, 0.3) is 10.0 Å². The topological polar surface area (TPSA) is 84.9 Å². The summed E-state index contributed by atoms with van der Waals surface area (Å²) in [4.78, 5) is 15.1. The Morgan fingerprint density at radius 3 is 2.50 bits per heavy atom. The van der Waals surface area contributed by atoms with E-state index >= 15 is 0 Å². The van der Waals surface area contributed by atoms with Crippen LogP contribution in [0.25, 0.3) is 0 Å². The maximum absolute atomic E-state index is 12.8. The van der Waals surface area contributed by atoms with E-state index in [4.69, 9.17) is 9.47 Å². The van der Waals surface area contributed by atoms with E-state index in [1.807, 2.05) is 4.90 Å². The monoisotopic (exact) mass is 492 g/mol. The number of hydrogen-bond donors (Lipinski definition) is 1. The second kappa shape index (κ2) is 9.87. The molecule has 0 saturated heterocycles. The lowest BCUT2D eigenvalue weighted by Crippen LogP contribution is -2.30. The fraction of sp³-hybridized carbons (Fsp3) is 0.450. The Labute approximate surface area is 188 Å². The van der Waals surface area contributed by atoms with Crippen LogP contribution in [0, 0.1) is 0 Å². The maximum Gasteiger partial charge on any atom is 0.416 e. The number of ether oxygens (including phenoxy) is 2. The van der Waals surface area contributed by atoms with Gasteiger partial charge in [0.05, 0.1) is 24.8 Å². The second-order valence-corrected chi connectivity index (χ2v) is 10.3. The molecule has 12 heteroatoms. The smallest absolute Gasteiger partial charge is 0.416 e. The Bertz CT molecular complexity index is 1070. The van der Waals surface area contributed by atoms with E-state index in [0.29, 0.717) is 37.2 Å². The summed E-state index contributed by atoms with van der Waals surface area (Å²) >= 11 is 1.01. The molecule has 0 spiro atoms. The first-order valence-corrected chi connectivity index (χ1v) is 12.0. The van der Waals surface area contributed by atoms with Gasteiger partial charge in [-0.25, -0.2) is 17.9 Å². The fourth-order valence-corrected chi connectivity index (χ4v) is 6.45. The van der Waals surface area contributed by atoms with Gasteiger partial charge >= 0.3 is 12.1 Å². The van der Waals surface area contributed by atoms with Crippen molar-refractivity contribution in [1.29, 1.82) is 0 Å². The summed E-state index contributed by atoms with van der Waals surface area (Å²) < 4.78 is 75.9. The molecule has 1 aromatic heterocycles. The van der Waals surface area contributed by atoms with Crippen molar-refractivity contribution in [2.75, 3.05) is 33.9 Å². The van der Waals surface area contributed by atoms with Crippen LogP contribution in [-0.4, -0.2) is 53.2 Å². The van der Waals surface area contributed by atoms with Crippen LogP contribution in [0.1, 0.15) is 31.9 Å². The van der Waals surface area contributed by atoms with Gasteiger partial charge in [0.15, 0.2) is 0 Å². The first kappa shape index (κ1) is 24.6. The predicted molar refractivity (Wildman–Crippen MR) is 112 cm³/mol. The van der Waals surface area contributed by atoms with Crippen LogP contribution < -0.4 is 4.72 Å². The molecule has 1 aliphatic rings. The van der Waals surface area contributed by atoms with Gasteiger partial charge < -0.3 is 9.47 Å². The van der Waals surface area contributed by atoms with Crippen molar-refractivity contribution in [2.24, 2.45) is 0 Å². The minimum atomic E-state index is -4.39. The van der Waals surface area contributed by atoms with E-state index in [9.17, 15) is 26.4 Å². The second-order valence-electron chi connectivity index (χ2n) is 7.20. The molecule has 1 aliphatic heterocycles. The Balaban J connectivity index is 1.83. The van der Waals surface area contributed by atoms with Crippen molar-refractivity contribution < 1.29 is 35.9 Å². The third-order valence-corrected chi connectivity index (χ3v) is 8.22. The molecule has 7 nitrogen and oxygen atoms in total. The summed E-state index contributed by atoms with van der Waals surface area (Å²) in [6.45, 7) is 1.53. The number of thiophene rings is 1. The summed E-state index contributed by atoms with van der Waals surface area (Å²) in [6.07, 6.45) is -3.97. The van der Waals surface area contributed by atoms with E-state index in [1.54, 1.807) is 0 Å². The number of sulfonamides is 1. The molecule has 1 aromatic carbocycles. The number of carbonyl (C=O) groups is 1. The lowest BCUT2D eigenvalue weighted by atomic mass is 10.0. The molecule has 0 fully saturated rings. The Morgan fingerprint density at radius 2 is 1.91 bits per heavy atom. The normalized spacial score (nSPS) is 14.9. The summed E-state index contributed by atoms with van der Waals surface area (Å²) in [7, 11) is -1.30. The van der Waals surface area contributed by atoms with Crippen molar-refractivity contribution in [3.63, 3.8) is 0 Å². The minimum absolute atomic E-state index is 0.0478. The van der Waals surface area contributed by atoms with Gasteiger partial charge in [-0.05, 0) is 29.7 Å². The standard InChI is InChI=1S/C20H23F3N2O5S2/c1-29-10-8-24-32(27,28)19-17(18(26)30-2)15-7-9-25(12-16(15)31-19)11-13-3-5-14(6-4-13)20(21,22)23/h3-6,24H,7-12H2,1-2H3. The molecule has 2 heterocycles. The first-order chi connectivity index (χ1) is 15.1. The van der Waals surface area contributed by atoms with Crippen molar-refractivity contribution in [2.45, 2.75) is 29.9 Å². The van der Waals surface area contributed by atoms with Gasteiger partial charge in [0, 0.05) is 38.2 Å². The third kappa shape index (κ3) is 5.49. The number of hydrogen-bond acceptors (Lipinski definition) is 7. The zero-order valence-corrected chi connectivity index (χ0v) is 19.1. The molecule has 176 valence electrons. The van der Waals surface area contributed by atoms with Crippen LogP contribution in [0.3, 0.4) is 0 Å². The van der Waals surface area contributed by atoms with Gasteiger partial charge in [-0.3, -0.25) is 4.90 Å². The highest BCUT2D eigenvalue weighted by atomic mass is 32.2. The van der Waals surface area contributed by atoms with Crippen LogP contribution in [0.2, 0.25) is 0 Å². The highest BCUT2D eigenvalue weighted by Gasteiger charge is 2.34. The number of rotatable bonds is 8. The van der Waals surface area contributed by atoms with Crippen LogP contribution in [0.5, 0.6) is 0 Å². The zero-order chi connectivity index (χ0) is 23.5. The average Bonchev–Trinajstić information content (AvgIpc) is 3.13. The predicted octanol–water partition coefficient (Wildman–Crippen LogP) is 3.04. The molecule has 0 amide bonds. The highest BCUT2D eigenvalue weighted by Crippen LogP contribution is 2.37. The third-order valence-electron chi connectivity index (χ3n) is 5.02. The van der Waals surface area contributed by atoms with Gasteiger partial charge in [0.1, 0.15) is 4.21 Å². The number of nitrogens with one attached hydrogen (secondary N) is 1. The molecule has 0 radical (unpaired) electrons. The van der Waals surface area contributed by atoms with Gasteiger partial charge in [-0.15, -0.1) is 11.3 Å². The van der Waals surface area contributed by atoms with Crippen LogP contribution >= 0.6 is 11.3 Å². The molecule has 3 rings (SSSR count). The van der Waals surface area contributed by atoms with Crippen LogP contribution in [0.4, 0.5) is 13.2 Å². The molecule has 0 bridgehead atoms. The summed E-state index contributed by atoms with van der Waals surface area (Å²) in [6, 6.07) is 4.95. The zero-order valence-electron chi connectivity index (χ0n) is 17.5. The number of alkyl halides is 3. The lowest BCUT2D eigenvalue weighted by molar-refractivity contribution is -0.137. The summed E-state index contributed by atoms with van der Waals surface area (Å²) in [5.41, 5.74) is 0.684. The first-order valence-electron chi connectivity index (χ1n) is 9.66. The molecule has 0 aliphatic carbocycles. The van der Waals surface area contributed by atoms with Gasteiger partial charge in [-0.1, -0.05) is 12.1 Å².